The van der Waals surface area contributed by atoms with Gasteiger partial charge in [0.1, 0.15) is 17.5 Å². The van der Waals surface area contributed by atoms with Crippen LogP contribution in [0.2, 0.25) is 0 Å². The van der Waals surface area contributed by atoms with Crippen molar-refractivity contribution in [3.05, 3.63) is 23.3 Å². The Morgan fingerprint density at radius 2 is 1.96 bits per heavy atom. The van der Waals surface area contributed by atoms with Crippen LogP contribution in [0.5, 0.6) is 5.88 Å². The van der Waals surface area contributed by atoms with E-state index in [2.05, 4.69) is 9.97 Å². The molecule has 2 fully saturated rings. The highest BCUT2D eigenvalue weighted by Crippen LogP contribution is 2.24. The molecule has 0 amide bonds. The lowest BCUT2D eigenvalue weighted by molar-refractivity contribution is -0.158. The molecule has 1 aromatic heterocycles. The van der Waals surface area contributed by atoms with Gasteiger partial charge in [-0.3, -0.25) is 0 Å². The molecule has 4 N–H and O–H groups in total. The fourth-order valence-corrected chi connectivity index (χ4v) is 3.59. The van der Waals surface area contributed by atoms with Gasteiger partial charge in [0.2, 0.25) is 5.88 Å². The van der Waals surface area contributed by atoms with E-state index in [1.807, 2.05) is 6.92 Å². The lowest BCUT2D eigenvalue weighted by Crippen LogP contribution is -2.33. The molecule has 1 aromatic rings. The number of nitrogens with zero attached hydrogens (tertiary/aromatic N) is 3. The largest absolute Gasteiger partial charge is 0.473 e. The van der Waals surface area contributed by atoms with Crippen molar-refractivity contribution in [2.24, 2.45) is 11.6 Å². The molecule has 2 heterocycles. The molecule has 156 valence electrons. The van der Waals surface area contributed by atoms with Crippen molar-refractivity contribution in [2.75, 3.05) is 20.3 Å². The molecular weight excluding hydrogens is 358 g/mol. The molecule has 3 rings (SSSR count). The molecule has 8 nitrogen and oxygen atoms in total. The van der Waals surface area contributed by atoms with Crippen LogP contribution in [0.4, 0.5) is 0 Å². The van der Waals surface area contributed by atoms with E-state index in [-0.39, 0.29) is 19.0 Å². The molecule has 0 spiro atoms. The van der Waals surface area contributed by atoms with E-state index in [0.29, 0.717) is 23.0 Å². The number of ether oxygens (including phenoxy) is 3. The maximum Gasteiger partial charge on any atom is 0.235 e. The maximum absolute atomic E-state index is 6.35. The first kappa shape index (κ1) is 20.8. The molecule has 0 aromatic carbocycles. The molecule has 1 saturated heterocycles. The second-order valence-electron chi connectivity index (χ2n) is 7.60. The Hall–Kier alpha value is -1.90. The number of aromatic nitrogens is 2. The van der Waals surface area contributed by atoms with Crippen LogP contribution in [-0.2, 0) is 9.47 Å². The van der Waals surface area contributed by atoms with Gasteiger partial charge in [-0.15, -0.1) is 0 Å². The van der Waals surface area contributed by atoms with Crippen molar-refractivity contribution < 1.29 is 14.2 Å². The molecule has 8 heteroatoms. The zero-order valence-electron chi connectivity index (χ0n) is 17.0. The smallest absolute Gasteiger partial charge is 0.235 e. The van der Waals surface area contributed by atoms with Gasteiger partial charge in [0.05, 0.1) is 24.2 Å². The second-order valence-corrected chi connectivity index (χ2v) is 7.60. The van der Waals surface area contributed by atoms with Crippen molar-refractivity contribution >= 4 is 5.70 Å². The SMILES string of the molecule is Cc1nc(/C(N)=C(\COC2CCCCO2)N(C)N)cnc1OC1CCCCC1. The summed E-state index contributed by atoms with van der Waals surface area (Å²) in [6.07, 6.45) is 10.6. The third kappa shape index (κ3) is 5.56. The Morgan fingerprint density at radius 3 is 2.61 bits per heavy atom. The highest BCUT2D eigenvalue weighted by atomic mass is 16.7. The van der Waals surface area contributed by atoms with Crippen LogP contribution in [0.25, 0.3) is 5.70 Å². The molecular formula is C20H33N5O3. The van der Waals surface area contributed by atoms with Crippen LogP contribution in [-0.4, -0.2) is 47.6 Å². The zero-order chi connectivity index (χ0) is 19.9. The Labute approximate surface area is 167 Å². The van der Waals surface area contributed by atoms with Gasteiger partial charge in [-0.05, 0) is 51.9 Å². The summed E-state index contributed by atoms with van der Waals surface area (Å²) >= 11 is 0. The van der Waals surface area contributed by atoms with Gasteiger partial charge >= 0.3 is 0 Å². The van der Waals surface area contributed by atoms with Crippen LogP contribution >= 0.6 is 0 Å². The van der Waals surface area contributed by atoms with Crippen molar-refractivity contribution in [1.29, 1.82) is 0 Å². The average Bonchev–Trinajstić information content (AvgIpc) is 2.71. The Bertz CT molecular complexity index is 668. The number of hydrazine groups is 1. The third-order valence-corrected chi connectivity index (χ3v) is 5.29. The normalized spacial score (nSPS) is 21.9. The van der Waals surface area contributed by atoms with Crippen molar-refractivity contribution in [3.63, 3.8) is 0 Å². The van der Waals surface area contributed by atoms with Crippen LogP contribution in [0.1, 0.15) is 62.8 Å². The number of hydrogen-bond donors (Lipinski definition) is 2. The first-order valence-corrected chi connectivity index (χ1v) is 10.3. The minimum Gasteiger partial charge on any atom is -0.473 e. The Balaban J connectivity index is 1.69. The van der Waals surface area contributed by atoms with Crippen LogP contribution in [0.3, 0.4) is 0 Å². The predicted molar refractivity (Wildman–Crippen MR) is 107 cm³/mol. The van der Waals surface area contributed by atoms with E-state index < -0.39 is 0 Å². The fraction of sp³-hybridized carbons (Fsp3) is 0.700. The number of likely N-dealkylation sites (N-methyl/N-ethyl adjacent to an activating group) is 1. The van der Waals surface area contributed by atoms with E-state index in [9.17, 15) is 0 Å². The molecule has 2 aliphatic rings. The first-order valence-electron chi connectivity index (χ1n) is 10.3. The van der Waals surface area contributed by atoms with Crippen LogP contribution in [0, 0.1) is 6.92 Å². The van der Waals surface area contributed by atoms with Crippen LogP contribution in [0.15, 0.2) is 11.9 Å². The summed E-state index contributed by atoms with van der Waals surface area (Å²) in [5.41, 5.74) is 8.73. The van der Waals surface area contributed by atoms with Gasteiger partial charge in [-0.1, -0.05) is 6.42 Å². The Morgan fingerprint density at radius 1 is 1.21 bits per heavy atom. The van der Waals surface area contributed by atoms with Gasteiger partial charge in [0, 0.05) is 13.7 Å². The second kappa shape index (κ2) is 10.0. The highest BCUT2D eigenvalue weighted by molar-refractivity contribution is 5.62. The number of nitrogens with two attached hydrogens (primary N) is 2. The molecule has 0 bridgehead atoms. The molecule has 1 aliphatic carbocycles. The molecule has 1 unspecified atom stereocenters. The molecule has 28 heavy (non-hydrogen) atoms. The molecule has 0 radical (unpaired) electrons. The summed E-state index contributed by atoms with van der Waals surface area (Å²) in [7, 11) is 1.73. The number of aryl methyl sites for hydroxylation is 1. The maximum atomic E-state index is 6.35. The van der Waals surface area contributed by atoms with Crippen LogP contribution < -0.4 is 16.3 Å². The van der Waals surface area contributed by atoms with E-state index >= 15 is 0 Å². The monoisotopic (exact) mass is 391 g/mol. The van der Waals surface area contributed by atoms with E-state index in [1.54, 1.807) is 13.2 Å². The predicted octanol–water partition coefficient (Wildman–Crippen LogP) is 2.47. The van der Waals surface area contributed by atoms with Crippen molar-refractivity contribution in [2.45, 2.75) is 70.7 Å². The first-order chi connectivity index (χ1) is 13.5. The zero-order valence-corrected chi connectivity index (χ0v) is 17.0. The third-order valence-electron chi connectivity index (χ3n) is 5.29. The number of hydrogen-bond acceptors (Lipinski definition) is 8. The topological polar surface area (TPSA) is 109 Å². The van der Waals surface area contributed by atoms with E-state index in [0.717, 1.165) is 44.4 Å². The standard InChI is InChI=1S/C20H33N5O3/c1-14-20(28-15-8-4-3-5-9-15)23-12-16(24-14)19(21)17(25(2)22)13-27-18-10-6-7-11-26-18/h12,15,18H,3-11,13,21-22H2,1-2H3/b19-17-. The Kier molecular flexibility index (Phi) is 7.47. The molecule has 1 aliphatic heterocycles. The van der Waals surface area contributed by atoms with E-state index in [1.165, 1.54) is 24.3 Å². The summed E-state index contributed by atoms with van der Waals surface area (Å²) in [5.74, 6) is 6.57. The fourth-order valence-electron chi connectivity index (χ4n) is 3.59. The van der Waals surface area contributed by atoms with Gasteiger partial charge in [-0.25, -0.2) is 15.8 Å². The summed E-state index contributed by atoms with van der Waals surface area (Å²) in [4.78, 5) is 9.06. The van der Waals surface area contributed by atoms with Gasteiger partial charge in [0.15, 0.2) is 6.29 Å². The summed E-state index contributed by atoms with van der Waals surface area (Å²) in [5, 5.41) is 1.46. The van der Waals surface area contributed by atoms with Crippen molar-refractivity contribution in [1.82, 2.24) is 15.0 Å². The lowest BCUT2D eigenvalue weighted by Gasteiger charge is -2.26. The summed E-state index contributed by atoms with van der Waals surface area (Å²) < 4.78 is 17.5. The summed E-state index contributed by atoms with van der Waals surface area (Å²) in [6.45, 7) is 2.87. The van der Waals surface area contributed by atoms with Gasteiger partial charge in [-0.2, -0.15) is 0 Å². The lowest BCUT2D eigenvalue weighted by atomic mass is 9.98. The van der Waals surface area contributed by atoms with Gasteiger partial charge < -0.3 is 25.0 Å². The minimum atomic E-state index is -0.212. The van der Waals surface area contributed by atoms with Crippen molar-refractivity contribution in [3.8, 4) is 5.88 Å². The van der Waals surface area contributed by atoms with E-state index in [4.69, 9.17) is 25.8 Å². The van der Waals surface area contributed by atoms with Gasteiger partial charge in [0.25, 0.3) is 0 Å². The quantitative estimate of drug-likeness (QED) is 0.539. The minimum absolute atomic E-state index is 0.212. The molecule has 1 saturated carbocycles. The highest BCUT2D eigenvalue weighted by Gasteiger charge is 2.20. The summed E-state index contributed by atoms with van der Waals surface area (Å²) in [6, 6.07) is 0. The average molecular weight is 392 g/mol. The number of rotatable bonds is 7. The molecule has 1 atom stereocenters.